The zero-order valence-electron chi connectivity index (χ0n) is 10.2. The second-order valence-electron chi connectivity index (χ2n) is 3.99. The van der Waals surface area contributed by atoms with E-state index in [1.54, 1.807) is 26.0 Å². The molecule has 2 unspecified atom stereocenters. The Labute approximate surface area is 101 Å². The topological polar surface area (TPSA) is 47.6 Å². The number of carbonyl (C=O) groups excluding carboxylic acids is 1. The Morgan fingerprint density at radius 2 is 2.06 bits per heavy atom. The van der Waals surface area contributed by atoms with E-state index in [0.29, 0.717) is 0 Å². The summed E-state index contributed by atoms with van der Waals surface area (Å²) in [6.45, 7) is 1.89. The molecule has 1 aliphatic heterocycles. The average Bonchev–Trinajstić information content (AvgIpc) is 2.31. The fraction of sp³-hybridized carbons (Fsp3) is 0.909. The highest BCUT2D eigenvalue weighted by molar-refractivity contribution is 8.00. The molecule has 0 bridgehead atoms. The Balaban J connectivity index is 2.37. The molecule has 0 aromatic heterocycles. The number of thioether (sulfide) groups is 1. The highest BCUT2D eigenvalue weighted by atomic mass is 32.2. The zero-order valence-corrected chi connectivity index (χ0v) is 11.0. The smallest absolute Gasteiger partial charge is 0.233 e. The Bertz CT molecular complexity index is 215. The summed E-state index contributed by atoms with van der Waals surface area (Å²) in [5.41, 5.74) is 0. The van der Waals surface area contributed by atoms with Gasteiger partial charge in [-0.3, -0.25) is 4.79 Å². The van der Waals surface area contributed by atoms with E-state index in [1.165, 1.54) is 6.42 Å². The van der Waals surface area contributed by atoms with Gasteiger partial charge in [-0.15, -0.1) is 11.8 Å². The van der Waals surface area contributed by atoms with E-state index in [1.807, 2.05) is 6.92 Å². The van der Waals surface area contributed by atoms with Crippen molar-refractivity contribution in [3.63, 3.8) is 0 Å². The van der Waals surface area contributed by atoms with Crippen LogP contribution in [0.15, 0.2) is 0 Å². The molecule has 2 atom stereocenters. The summed E-state index contributed by atoms with van der Waals surface area (Å²) < 4.78 is 10.2. The molecule has 0 aromatic carbocycles. The largest absolute Gasteiger partial charge is 0.354 e. The molecule has 1 amide bonds. The minimum absolute atomic E-state index is 0.102. The standard InChI is InChI=1S/C11H21NO3S/c1-8(11(14-2)15-3)12-10(13)9-6-4-5-7-16-9/h8-9,11H,4-7H2,1-3H3,(H,12,13). The third-order valence-corrected chi connectivity index (χ3v) is 4.09. The van der Waals surface area contributed by atoms with Gasteiger partial charge < -0.3 is 14.8 Å². The van der Waals surface area contributed by atoms with Gasteiger partial charge in [-0.25, -0.2) is 0 Å². The summed E-state index contributed by atoms with van der Waals surface area (Å²) in [7, 11) is 3.15. The fourth-order valence-electron chi connectivity index (χ4n) is 1.84. The summed E-state index contributed by atoms with van der Waals surface area (Å²) in [5, 5.41) is 3.04. The number of amides is 1. The lowest BCUT2D eigenvalue weighted by Crippen LogP contribution is -2.46. The maximum absolute atomic E-state index is 11.9. The van der Waals surface area contributed by atoms with Crippen LogP contribution in [0.4, 0.5) is 0 Å². The molecule has 1 N–H and O–H groups in total. The van der Waals surface area contributed by atoms with E-state index >= 15 is 0 Å². The SMILES string of the molecule is COC(OC)C(C)NC(=O)C1CCCCS1. The molecule has 1 heterocycles. The van der Waals surface area contributed by atoms with E-state index in [-0.39, 0.29) is 23.5 Å². The second-order valence-corrected chi connectivity index (χ2v) is 5.30. The van der Waals surface area contributed by atoms with Crippen molar-refractivity contribution in [2.45, 2.75) is 43.8 Å². The van der Waals surface area contributed by atoms with E-state index in [0.717, 1.165) is 18.6 Å². The van der Waals surface area contributed by atoms with Crippen molar-refractivity contribution in [2.75, 3.05) is 20.0 Å². The molecule has 94 valence electrons. The van der Waals surface area contributed by atoms with Crippen LogP contribution in [0.3, 0.4) is 0 Å². The van der Waals surface area contributed by atoms with Crippen LogP contribution in [0.1, 0.15) is 26.2 Å². The molecule has 1 saturated heterocycles. The van der Waals surface area contributed by atoms with Crippen LogP contribution in [0, 0.1) is 0 Å². The van der Waals surface area contributed by atoms with Crippen molar-refractivity contribution >= 4 is 17.7 Å². The summed E-state index contributed by atoms with van der Waals surface area (Å²) in [6, 6.07) is -0.120. The Hall–Kier alpha value is -0.260. The van der Waals surface area contributed by atoms with Crippen molar-refractivity contribution in [3.8, 4) is 0 Å². The van der Waals surface area contributed by atoms with Crippen LogP contribution in [-0.4, -0.2) is 43.5 Å². The van der Waals surface area contributed by atoms with Crippen molar-refractivity contribution in [1.29, 1.82) is 0 Å². The summed E-state index contributed by atoms with van der Waals surface area (Å²) in [4.78, 5) is 11.9. The molecule has 0 radical (unpaired) electrons. The lowest BCUT2D eigenvalue weighted by atomic mass is 10.1. The normalized spacial score (nSPS) is 23.1. The summed E-state index contributed by atoms with van der Waals surface area (Å²) in [5.74, 6) is 1.20. The first-order valence-electron chi connectivity index (χ1n) is 5.66. The highest BCUT2D eigenvalue weighted by Gasteiger charge is 2.25. The minimum atomic E-state index is -0.377. The van der Waals surface area contributed by atoms with Gasteiger partial charge in [0.2, 0.25) is 5.91 Å². The zero-order chi connectivity index (χ0) is 12.0. The third-order valence-electron chi connectivity index (χ3n) is 2.71. The van der Waals surface area contributed by atoms with E-state index in [4.69, 9.17) is 9.47 Å². The maximum atomic E-state index is 11.9. The highest BCUT2D eigenvalue weighted by Crippen LogP contribution is 2.25. The molecule has 16 heavy (non-hydrogen) atoms. The number of methoxy groups -OCH3 is 2. The van der Waals surface area contributed by atoms with Gasteiger partial charge in [-0.2, -0.15) is 0 Å². The molecule has 5 heteroatoms. The van der Waals surface area contributed by atoms with Crippen molar-refractivity contribution in [2.24, 2.45) is 0 Å². The van der Waals surface area contributed by atoms with Crippen LogP contribution in [-0.2, 0) is 14.3 Å². The molecule has 1 aliphatic rings. The molecule has 4 nitrogen and oxygen atoms in total. The van der Waals surface area contributed by atoms with Gasteiger partial charge in [0.25, 0.3) is 0 Å². The van der Waals surface area contributed by atoms with Crippen molar-refractivity contribution < 1.29 is 14.3 Å². The van der Waals surface area contributed by atoms with Gasteiger partial charge >= 0.3 is 0 Å². The quantitative estimate of drug-likeness (QED) is 0.746. The number of ether oxygens (including phenoxy) is 2. The van der Waals surface area contributed by atoms with Gasteiger partial charge in [-0.1, -0.05) is 6.42 Å². The predicted octanol–water partition coefficient (Wildman–Crippen LogP) is 1.40. The molecule has 1 rings (SSSR count). The lowest BCUT2D eigenvalue weighted by molar-refractivity contribution is -0.135. The molecule has 1 fully saturated rings. The number of nitrogens with one attached hydrogen (secondary N) is 1. The van der Waals surface area contributed by atoms with Gasteiger partial charge in [-0.05, 0) is 25.5 Å². The third kappa shape index (κ3) is 3.96. The molecule has 0 aliphatic carbocycles. The Kier molecular flexibility index (Phi) is 6.16. The van der Waals surface area contributed by atoms with Crippen LogP contribution in [0.5, 0.6) is 0 Å². The van der Waals surface area contributed by atoms with Gasteiger partial charge in [0.1, 0.15) is 0 Å². The first-order chi connectivity index (χ1) is 7.69. The maximum Gasteiger partial charge on any atom is 0.233 e. The molecule has 0 saturated carbocycles. The minimum Gasteiger partial charge on any atom is -0.354 e. The van der Waals surface area contributed by atoms with Gasteiger partial charge in [0.05, 0.1) is 11.3 Å². The molecule has 0 aromatic rings. The van der Waals surface area contributed by atoms with E-state index in [9.17, 15) is 4.79 Å². The number of hydrogen-bond donors (Lipinski definition) is 1. The van der Waals surface area contributed by atoms with Crippen LogP contribution in [0.2, 0.25) is 0 Å². The summed E-state index contributed by atoms with van der Waals surface area (Å²) in [6.07, 6.45) is 2.98. The van der Waals surface area contributed by atoms with Crippen LogP contribution in [0.25, 0.3) is 0 Å². The number of rotatable bonds is 5. The Morgan fingerprint density at radius 1 is 1.38 bits per heavy atom. The second kappa shape index (κ2) is 7.14. The van der Waals surface area contributed by atoms with E-state index < -0.39 is 0 Å². The number of hydrogen-bond acceptors (Lipinski definition) is 4. The van der Waals surface area contributed by atoms with Crippen LogP contribution >= 0.6 is 11.8 Å². The van der Waals surface area contributed by atoms with Crippen LogP contribution < -0.4 is 5.32 Å². The van der Waals surface area contributed by atoms with Gasteiger partial charge in [0, 0.05) is 14.2 Å². The van der Waals surface area contributed by atoms with Crippen molar-refractivity contribution in [3.05, 3.63) is 0 Å². The first kappa shape index (κ1) is 13.8. The molecular formula is C11H21NO3S. The summed E-state index contributed by atoms with van der Waals surface area (Å²) >= 11 is 1.75. The lowest BCUT2D eigenvalue weighted by Gasteiger charge is -2.26. The van der Waals surface area contributed by atoms with E-state index in [2.05, 4.69) is 5.32 Å². The first-order valence-corrected chi connectivity index (χ1v) is 6.71. The number of carbonyl (C=O) groups is 1. The van der Waals surface area contributed by atoms with Gasteiger partial charge in [0.15, 0.2) is 6.29 Å². The fourth-order valence-corrected chi connectivity index (χ4v) is 3.05. The molecule has 0 spiro atoms. The molecular weight excluding hydrogens is 226 g/mol. The average molecular weight is 247 g/mol. The predicted molar refractivity (Wildman–Crippen MR) is 65.5 cm³/mol. The van der Waals surface area contributed by atoms with Crippen molar-refractivity contribution in [1.82, 2.24) is 5.32 Å². The Morgan fingerprint density at radius 3 is 2.56 bits per heavy atom. The monoisotopic (exact) mass is 247 g/mol.